The molecule has 6 amide bonds. The molecule has 166 valence electrons. The Balaban J connectivity index is 2.58. The zero-order valence-corrected chi connectivity index (χ0v) is 18.3. The first-order chi connectivity index (χ1) is 14.1. The van der Waals surface area contributed by atoms with E-state index in [1.807, 2.05) is 0 Å². The number of hydrogen-bond donors (Lipinski definition) is 4. The summed E-state index contributed by atoms with van der Waals surface area (Å²) in [5.41, 5.74) is -4.86. The van der Waals surface area contributed by atoms with Crippen LogP contribution in [-0.2, 0) is 28.8 Å². The molecule has 1 aliphatic heterocycles. The molecule has 10 nitrogen and oxygen atoms in total. The van der Waals surface area contributed by atoms with Gasteiger partial charge < -0.3 is 10.6 Å². The predicted molar refractivity (Wildman–Crippen MR) is 111 cm³/mol. The number of nitrogens with one attached hydrogen (secondary N) is 4. The minimum Gasteiger partial charge on any atom is -0.323 e. The zero-order chi connectivity index (χ0) is 23.8. The number of rotatable bonds is 0. The highest BCUT2D eigenvalue weighted by Gasteiger charge is 2.45. The molecule has 0 unspecified atom stereocenters. The highest BCUT2D eigenvalue weighted by atomic mass is 16.2. The van der Waals surface area contributed by atoms with Gasteiger partial charge in [-0.3, -0.25) is 39.4 Å². The quantitative estimate of drug-likeness (QED) is 0.355. The third kappa shape index (κ3) is 4.47. The van der Waals surface area contributed by atoms with Gasteiger partial charge in [0.05, 0.1) is 11.4 Å². The van der Waals surface area contributed by atoms with Crippen molar-refractivity contribution in [2.75, 3.05) is 10.6 Å². The van der Waals surface area contributed by atoms with Crippen LogP contribution in [0.4, 0.5) is 11.4 Å². The minimum absolute atomic E-state index is 0.190. The van der Waals surface area contributed by atoms with Crippen LogP contribution < -0.4 is 21.3 Å². The molecular weight excluding hydrogens is 404 g/mol. The zero-order valence-electron chi connectivity index (χ0n) is 18.3. The minimum atomic E-state index is -1.84. The van der Waals surface area contributed by atoms with Crippen molar-refractivity contribution in [2.24, 2.45) is 16.2 Å². The summed E-state index contributed by atoms with van der Waals surface area (Å²) in [5, 5.41) is 9.25. The Bertz CT molecular complexity index is 916. The first-order valence-electron chi connectivity index (χ1n) is 9.55. The second-order valence-corrected chi connectivity index (χ2v) is 8.90. The van der Waals surface area contributed by atoms with E-state index in [9.17, 15) is 28.8 Å². The van der Waals surface area contributed by atoms with Crippen LogP contribution in [0.25, 0.3) is 0 Å². The van der Waals surface area contributed by atoms with E-state index in [1.54, 1.807) is 12.1 Å². The summed E-state index contributed by atoms with van der Waals surface area (Å²) in [5.74, 6) is -5.35. The van der Waals surface area contributed by atoms with E-state index in [0.29, 0.717) is 0 Å². The first-order valence-corrected chi connectivity index (χ1v) is 9.55. The van der Waals surface area contributed by atoms with Crippen LogP contribution >= 0.6 is 0 Å². The molecule has 0 aliphatic carbocycles. The molecule has 1 aromatic carbocycles. The van der Waals surface area contributed by atoms with Crippen molar-refractivity contribution >= 4 is 46.8 Å². The third-order valence-electron chi connectivity index (χ3n) is 5.28. The molecule has 10 heteroatoms. The van der Waals surface area contributed by atoms with Crippen molar-refractivity contribution in [2.45, 2.75) is 41.5 Å². The Morgan fingerprint density at radius 2 is 0.677 bits per heavy atom. The van der Waals surface area contributed by atoms with Gasteiger partial charge in [-0.25, -0.2) is 0 Å². The lowest BCUT2D eigenvalue weighted by Crippen LogP contribution is -2.56. The molecule has 31 heavy (non-hydrogen) atoms. The highest BCUT2D eigenvalue weighted by molar-refractivity contribution is 6.21. The van der Waals surface area contributed by atoms with Gasteiger partial charge >= 0.3 is 0 Å². The van der Waals surface area contributed by atoms with E-state index in [2.05, 4.69) is 21.3 Å². The molecular formula is C21H26N4O6. The summed E-state index contributed by atoms with van der Waals surface area (Å²) in [6.45, 7) is 7.67. The second kappa shape index (κ2) is 7.93. The van der Waals surface area contributed by atoms with E-state index in [0.717, 1.165) is 0 Å². The summed E-state index contributed by atoms with van der Waals surface area (Å²) < 4.78 is 0. The van der Waals surface area contributed by atoms with Crippen molar-refractivity contribution in [1.82, 2.24) is 10.6 Å². The van der Waals surface area contributed by atoms with E-state index < -0.39 is 51.7 Å². The van der Waals surface area contributed by atoms with Crippen molar-refractivity contribution in [3.05, 3.63) is 24.3 Å². The van der Waals surface area contributed by atoms with Gasteiger partial charge in [-0.2, -0.15) is 0 Å². The SMILES string of the molecule is CC1(C)C(=O)NC(=O)C(C)(C)C(=O)Nc2ccccc2NC(=O)C(C)(C)C(=O)NC1=O. The molecule has 0 saturated heterocycles. The Morgan fingerprint density at radius 3 is 0.935 bits per heavy atom. The standard InChI is InChI=1S/C21H26N4O6/c1-19(2)13(26)22-11-9-7-8-10-12(11)23-14(27)20(3,4)16(29)25-18(31)21(5,6)17(30)24-15(19)28/h7-10H,1-6H3,(H,22,26)(H,23,27)(H,24,28,30)(H,25,29,31). The number of para-hydroxylation sites is 2. The molecule has 0 fully saturated rings. The number of amides is 6. The van der Waals surface area contributed by atoms with Crippen molar-refractivity contribution in [3.63, 3.8) is 0 Å². The van der Waals surface area contributed by atoms with Gasteiger partial charge in [0, 0.05) is 0 Å². The molecule has 0 radical (unpaired) electrons. The second-order valence-electron chi connectivity index (χ2n) is 8.90. The molecule has 0 atom stereocenters. The molecule has 0 saturated carbocycles. The average Bonchev–Trinajstić information content (AvgIpc) is 2.68. The summed E-state index contributed by atoms with van der Waals surface area (Å²) >= 11 is 0. The van der Waals surface area contributed by atoms with Gasteiger partial charge in [0.1, 0.15) is 16.2 Å². The number of imide groups is 2. The van der Waals surface area contributed by atoms with Gasteiger partial charge in [0.15, 0.2) is 0 Å². The molecule has 4 N–H and O–H groups in total. The maximum absolute atomic E-state index is 12.8. The molecule has 2 rings (SSSR count). The van der Waals surface area contributed by atoms with E-state index >= 15 is 0 Å². The molecule has 1 heterocycles. The van der Waals surface area contributed by atoms with E-state index in [-0.39, 0.29) is 11.4 Å². The summed E-state index contributed by atoms with van der Waals surface area (Å²) in [4.78, 5) is 76.1. The number of carbonyl (C=O) groups is 6. The maximum Gasteiger partial charge on any atom is 0.241 e. The van der Waals surface area contributed by atoms with Crippen LogP contribution in [0.1, 0.15) is 41.5 Å². The lowest BCUT2D eigenvalue weighted by atomic mass is 9.86. The number of hydrogen-bond acceptors (Lipinski definition) is 6. The Labute approximate surface area is 179 Å². The maximum atomic E-state index is 12.8. The first kappa shape index (κ1) is 23.7. The number of benzene rings is 1. The van der Waals surface area contributed by atoms with Gasteiger partial charge in [-0.05, 0) is 53.7 Å². The Kier molecular flexibility index (Phi) is 6.07. The average molecular weight is 430 g/mol. The van der Waals surface area contributed by atoms with Crippen LogP contribution in [0.5, 0.6) is 0 Å². The smallest absolute Gasteiger partial charge is 0.241 e. The monoisotopic (exact) mass is 430 g/mol. The van der Waals surface area contributed by atoms with Crippen molar-refractivity contribution in [1.29, 1.82) is 0 Å². The van der Waals surface area contributed by atoms with Gasteiger partial charge in [0.25, 0.3) is 0 Å². The lowest BCUT2D eigenvalue weighted by Gasteiger charge is -2.27. The van der Waals surface area contributed by atoms with Crippen LogP contribution in [0.15, 0.2) is 24.3 Å². The Hall–Kier alpha value is -3.56. The van der Waals surface area contributed by atoms with Gasteiger partial charge in [-0.1, -0.05) is 12.1 Å². The molecule has 1 aromatic rings. The fourth-order valence-electron chi connectivity index (χ4n) is 2.40. The normalized spacial score (nSPS) is 21.5. The lowest BCUT2D eigenvalue weighted by molar-refractivity contribution is -0.148. The number of fused-ring (bicyclic) bond motifs is 1. The van der Waals surface area contributed by atoms with Gasteiger partial charge in [-0.15, -0.1) is 0 Å². The summed E-state index contributed by atoms with van der Waals surface area (Å²) in [6, 6.07) is 6.22. The number of anilines is 2. The molecule has 1 aliphatic rings. The topological polar surface area (TPSA) is 151 Å². The van der Waals surface area contributed by atoms with Crippen LogP contribution in [-0.4, -0.2) is 35.4 Å². The third-order valence-corrected chi connectivity index (χ3v) is 5.28. The summed E-state index contributed by atoms with van der Waals surface area (Å²) in [7, 11) is 0. The van der Waals surface area contributed by atoms with Crippen LogP contribution in [0, 0.1) is 16.2 Å². The number of carbonyl (C=O) groups excluding carboxylic acids is 6. The summed E-state index contributed by atoms with van der Waals surface area (Å²) in [6.07, 6.45) is 0. The molecule has 0 aromatic heterocycles. The molecule has 0 bridgehead atoms. The van der Waals surface area contributed by atoms with Crippen molar-refractivity contribution in [3.8, 4) is 0 Å². The largest absolute Gasteiger partial charge is 0.323 e. The highest BCUT2D eigenvalue weighted by Crippen LogP contribution is 2.28. The van der Waals surface area contributed by atoms with Gasteiger partial charge in [0.2, 0.25) is 35.4 Å². The van der Waals surface area contributed by atoms with Crippen molar-refractivity contribution < 1.29 is 28.8 Å². The van der Waals surface area contributed by atoms with E-state index in [1.165, 1.54) is 53.7 Å². The fraction of sp³-hybridized carbons (Fsp3) is 0.429. The molecule has 0 spiro atoms. The Morgan fingerprint density at radius 1 is 0.452 bits per heavy atom. The predicted octanol–water partition coefficient (Wildman–Crippen LogP) is 0.941. The fourth-order valence-corrected chi connectivity index (χ4v) is 2.40. The van der Waals surface area contributed by atoms with Crippen LogP contribution in [0.2, 0.25) is 0 Å². The van der Waals surface area contributed by atoms with E-state index in [4.69, 9.17) is 0 Å². The van der Waals surface area contributed by atoms with Crippen LogP contribution in [0.3, 0.4) is 0 Å².